The SMILES string of the molecule is C[C@@H]1CC[C@](C)(C(=O)N(C(=O)[C@@]2(C)CC[C@H](C)C2(C)C)c2ccccc2)C1(C)C. The summed E-state index contributed by atoms with van der Waals surface area (Å²) in [5.74, 6) is 0.838. The molecule has 2 amide bonds. The number of amides is 2. The van der Waals surface area contributed by atoms with Crippen LogP contribution in [0.4, 0.5) is 5.69 Å². The van der Waals surface area contributed by atoms with E-state index in [9.17, 15) is 9.59 Å². The van der Waals surface area contributed by atoms with Crippen LogP contribution >= 0.6 is 0 Å². The Bertz CT molecular complexity index is 748. The Morgan fingerprint density at radius 1 is 0.759 bits per heavy atom. The van der Waals surface area contributed by atoms with Crippen molar-refractivity contribution in [3.8, 4) is 0 Å². The van der Waals surface area contributed by atoms with Crippen LogP contribution in [-0.2, 0) is 9.59 Å². The highest BCUT2D eigenvalue weighted by molar-refractivity contribution is 6.18. The minimum absolute atomic E-state index is 0.0281. The Balaban J connectivity index is 2.10. The molecule has 3 heteroatoms. The summed E-state index contributed by atoms with van der Waals surface area (Å²) in [6.07, 6.45) is 3.69. The van der Waals surface area contributed by atoms with Crippen LogP contribution in [0, 0.1) is 33.5 Å². The number of imide groups is 1. The zero-order chi connectivity index (χ0) is 21.8. The highest BCUT2D eigenvalue weighted by Crippen LogP contribution is 2.59. The minimum Gasteiger partial charge on any atom is -0.273 e. The van der Waals surface area contributed by atoms with Gasteiger partial charge in [0.05, 0.1) is 16.5 Å². The second-order valence-corrected chi connectivity index (χ2v) is 11.3. The third-order valence-electron chi connectivity index (χ3n) is 9.83. The van der Waals surface area contributed by atoms with Gasteiger partial charge in [-0.05, 0) is 60.5 Å². The van der Waals surface area contributed by atoms with Gasteiger partial charge in [-0.2, -0.15) is 0 Å². The zero-order valence-electron chi connectivity index (χ0n) is 19.6. The van der Waals surface area contributed by atoms with Crippen LogP contribution < -0.4 is 4.90 Å². The summed E-state index contributed by atoms with van der Waals surface area (Å²) in [6.45, 7) is 17.4. The van der Waals surface area contributed by atoms with E-state index in [1.165, 1.54) is 0 Å². The molecule has 0 radical (unpaired) electrons. The molecule has 29 heavy (non-hydrogen) atoms. The van der Waals surface area contributed by atoms with E-state index in [-0.39, 0.29) is 22.6 Å². The number of benzene rings is 1. The van der Waals surface area contributed by atoms with Gasteiger partial charge in [0.15, 0.2) is 0 Å². The molecule has 0 aliphatic heterocycles. The van der Waals surface area contributed by atoms with Gasteiger partial charge < -0.3 is 0 Å². The number of hydrogen-bond acceptors (Lipinski definition) is 2. The number of hydrogen-bond donors (Lipinski definition) is 0. The summed E-state index contributed by atoms with van der Waals surface area (Å²) in [5, 5.41) is 0. The number of anilines is 1. The molecule has 2 saturated carbocycles. The second-order valence-electron chi connectivity index (χ2n) is 11.3. The van der Waals surface area contributed by atoms with Gasteiger partial charge in [-0.15, -0.1) is 0 Å². The van der Waals surface area contributed by atoms with Crippen molar-refractivity contribution in [1.82, 2.24) is 0 Å². The molecule has 1 aromatic rings. The highest BCUT2D eigenvalue weighted by atomic mass is 16.2. The van der Waals surface area contributed by atoms with Crippen molar-refractivity contribution in [3.63, 3.8) is 0 Å². The second kappa shape index (κ2) is 6.96. The van der Waals surface area contributed by atoms with Gasteiger partial charge in [0, 0.05) is 0 Å². The molecule has 0 N–H and O–H groups in total. The molecule has 0 spiro atoms. The maximum absolute atomic E-state index is 14.2. The Labute approximate surface area is 177 Å². The molecule has 0 bridgehead atoms. The van der Waals surface area contributed by atoms with Crippen molar-refractivity contribution in [3.05, 3.63) is 30.3 Å². The zero-order valence-corrected chi connectivity index (χ0v) is 19.6. The van der Waals surface area contributed by atoms with Crippen molar-refractivity contribution in [2.24, 2.45) is 33.5 Å². The van der Waals surface area contributed by atoms with E-state index >= 15 is 0 Å². The lowest BCUT2D eigenvalue weighted by atomic mass is 9.63. The van der Waals surface area contributed by atoms with Crippen LogP contribution in [0.25, 0.3) is 0 Å². The first-order valence-electron chi connectivity index (χ1n) is 11.2. The van der Waals surface area contributed by atoms with Gasteiger partial charge in [0.25, 0.3) is 0 Å². The smallest absolute Gasteiger partial charge is 0.240 e. The number of nitrogens with zero attached hydrogens (tertiary/aromatic N) is 1. The first-order valence-corrected chi connectivity index (χ1v) is 11.2. The largest absolute Gasteiger partial charge is 0.273 e. The van der Waals surface area contributed by atoms with E-state index < -0.39 is 10.8 Å². The molecule has 160 valence electrons. The molecule has 0 saturated heterocycles. The molecular formula is C26H39NO2. The highest BCUT2D eigenvalue weighted by Gasteiger charge is 2.60. The lowest BCUT2D eigenvalue weighted by Gasteiger charge is -2.46. The number of rotatable bonds is 3. The summed E-state index contributed by atoms with van der Waals surface area (Å²) in [7, 11) is 0. The summed E-state index contributed by atoms with van der Waals surface area (Å²) >= 11 is 0. The van der Waals surface area contributed by atoms with E-state index in [1.54, 1.807) is 4.90 Å². The van der Waals surface area contributed by atoms with Gasteiger partial charge in [-0.25, -0.2) is 4.90 Å². The molecule has 0 aromatic heterocycles. The van der Waals surface area contributed by atoms with Gasteiger partial charge in [-0.3, -0.25) is 9.59 Å². The van der Waals surface area contributed by atoms with E-state index in [4.69, 9.17) is 0 Å². The quantitative estimate of drug-likeness (QED) is 0.548. The monoisotopic (exact) mass is 397 g/mol. The molecule has 3 nitrogen and oxygen atoms in total. The van der Waals surface area contributed by atoms with Crippen LogP contribution in [0.5, 0.6) is 0 Å². The fraction of sp³-hybridized carbons (Fsp3) is 0.692. The first-order chi connectivity index (χ1) is 13.3. The summed E-state index contributed by atoms with van der Waals surface area (Å²) in [4.78, 5) is 29.9. The number of para-hydroxylation sites is 1. The summed E-state index contributed by atoms with van der Waals surface area (Å²) < 4.78 is 0. The van der Waals surface area contributed by atoms with Crippen LogP contribution in [0.2, 0.25) is 0 Å². The van der Waals surface area contributed by atoms with Crippen LogP contribution in [0.3, 0.4) is 0 Å². The maximum Gasteiger partial charge on any atom is 0.240 e. The predicted molar refractivity (Wildman–Crippen MR) is 120 cm³/mol. The fourth-order valence-electron chi connectivity index (χ4n) is 5.63. The minimum atomic E-state index is -0.553. The van der Waals surface area contributed by atoms with E-state index in [0.29, 0.717) is 17.5 Å². The van der Waals surface area contributed by atoms with Crippen molar-refractivity contribution in [1.29, 1.82) is 0 Å². The third kappa shape index (κ3) is 2.99. The standard InChI is InChI=1S/C26H39NO2/c1-18-14-16-25(7,23(18,3)4)21(28)27(20-12-10-9-11-13-20)22(29)26(8)17-15-19(2)24(26,5)6/h9-13,18-19H,14-17H2,1-8H3/t18-,19+,25-,26-/m1/s1. The summed E-state index contributed by atoms with van der Waals surface area (Å²) in [6, 6.07) is 9.57. The Kier molecular flexibility index (Phi) is 5.29. The van der Waals surface area contributed by atoms with Gasteiger partial charge in [0.2, 0.25) is 11.8 Å². The molecule has 2 aliphatic rings. The van der Waals surface area contributed by atoms with Gasteiger partial charge >= 0.3 is 0 Å². The summed E-state index contributed by atoms with van der Waals surface area (Å²) in [5.41, 5.74) is -0.713. The van der Waals surface area contributed by atoms with Gasteiger partial charge in [-0.1, -0.05) is 73.6 Å². The molecule has 0 unspecified atom stereocenters. The average Bonchev–Trinajstić information content (AvgIpc) is 3.02. The normalized spacial score (nSPS) is 35.4. The van der Waals surface area contributed by atoms with Crippen molar-refractivity contribution >= 4 is 17.5 Å². The lowest BCUT2D eigenvalue weighted by molar-refractivity contribution is -0.142. The topological polar surface area (TPSA) is 37.4 Å². The van der Waals surface area contributed by atoms with Crippen molar-refractivity contribution in [2.75, 3.05) is 4.90 Å². The molecule has 0 heterocycles. The van der Waals surface area contributed by atoms with Crippen LogP contribution in [0.15, 0.2) is 30.3 Å². The van der Waals surface area contributed by atoms with E-state index in [0.717, 1.165) is 25.7 Å². The molecule has 4 atom stereocenters. The maximum atomic E-state index is 14.2. The predicted octanol–water partition coefficient (Wildman–Crippen LogP) is 6.47. The molecule has 2 aliphatic carbocycles. The van der Waals surface area contributed by atoms with Crippen LogP contribution in [-0.4, -0.2) is 11.8 Å². The average molecular weight is 398 g/mol. The van der Waals surface area contributed by atoms with Crippen molar-refractivity contribution in [2.45, 2.75) is 81.1 Å². The Hall–Kier alpha value is -1.64. The number of carbonyl (C=O) groups is 2. The Morgan fingerprint density at radius 3 is 1.45 bits per heavy atom. The third-order valence-corrected chi connectivity index (χ3v) is 9.83. The molecule has 1 aromatic carbocycles. The molecular weight excluding hydrogens is 358 g/mol. The number of carbonyl (C=O) groups excluding carboxylic acids is 2. The fourth-order valence-corrected chi connectivity index (χ4v) is 5.63. The molecule has 2 fully saturated rings. The van der Waals surface area contributed by atoms with E-state index in [2.05, 4.69) is 55.4 Å². The molecule has 3 rings (SSSR count). The van der Waals surface area contributed by atoms with Gasteiger partial charge in [0.1, 0.15) is 0 Å². The lowest BCUT2D eigenvalue weighted by Crippen LogP contribution is -2.56. The van der Waals surface area contributed by atoms with E-state index in [1.807, 2.05) is 30.3 Å². The Morgan fingerprint density at radius 2 is 1.14 bits per heavy atom. The first kappa shape index (κ1) is 22.1. The van der Waals surface area contributed by atoms with Crippen molar-refractivity contribution < 1.29 is 9.59 Å². The van der Waals surface area contributed by atoms with Crippen LogP contribution in [0.1, 0.15) is 81.1 Å².